The highest BCUT2D eigenvalue weighted by Crippen LogP contribution is 2.34. The van der Waals surface area contributed by atoms with Crippen molar-refractivity contribution in [2.24, 2.45) is 10.9 Å². The van der Waals surface area contributed by atoms with Crippen molar-refractivity contribution in [3.8, 4) is 17.2 Å². The number of ether oxygens (including phenoxy) is 4. The smallest absolute Gasteiger partial charge is 0.191 e. The maximum atomic E-state index is 5.63. The van der Waals surface area contributed by atoms with E-state index in [1.807, 2.05) is 19.1 Å². The minimum absolute atomic E-state index is 0.451. The molecule has 0 saturated heterocycles. The fourth-order valence-corrected chi connectivity index (χ4v) is 2.38. The van der Waals surface area contributed by atoms with Gasteiger partial charge in [-0.25, -0.2) is 4.99 Å². The number of benzene rings is 1. The molecule has 0 spiro atoms. The average Bonchev–Trinajstić information content (AvgIpc) is 2.67. The largest absolute Gasteiger partial charge is 0.496 e. The van der Waals surface area contributed by atoms with Crippen LogP contribution in [-0.2, 0) is 11.3 Å². The van der Waals surface area contributed by atoms with Crippen molar-refractivity contribution in [1.82, 2.24) is 10.6 Å². The van der Waals surface area contributed by atoms with E-state index in [1.54, 1.807) is 21.3 Å². The van der Waals surface area contributed by atoms with Crippen LogP contribution in [-0.4, -0.2) is 53.6 Å². The molecule has 0 aromatic heterocycles. The number of hydrogen-bond donors (Lipinski definition) is 2. The van der Waals surface area contributed by atoms with Crippen LogP contribution in [0.25, 0.3) is 0 Å². The molecule has 7 heteroatoms. The maximum absolute atomic E-state index is 5.63. The van der Waals surface area contributed by atoms with Crippen molar-refractivity contribution < 1.29 is 18.9 Å². The molecule has 0 aliphatic heterocycles. The molecule has 0 saturated carbocycles. The minimum Gasteiger partial charge on any atom is -0.496 e. The molecule has 0 radical (unpaired) electrons. The van der Waals surface area contributed by atoms with Gasteiger partial charge in [0, 0.05) is 31.3 Å². The molecule has 154 valence electrons. The zero-order valence-corrected chi connectivity index (χ0v) is 17.6. The molecule has 1 aromatic carbocycles. The quantitative estimate of drug-likeness (QED) is 0.329. The van der Waals surface area contributed by atoms with Crippen LogP contribution in [0, 0.1) is 5.92 Å². The first-order valence-corrected chi connectivity index (χ1v) is 9.44. The van der Waals surface area contributed by atoms with Crippen molar-refractivity contribution in [2.75, 3.05) is 47.6 Å². The van der Waals surface area contributed by atoms with Gasteiger partial charge in [-0.2, -0.15) is 0 Å². The summed E-state index contributed by atoms with van der Waals surface area (Å²) in [6.07, 6.45) is 1.08. The Morgan fingerprint density at radius 2 is 1.63 bits per heavy atom. The number of methoxy groups -OCH3 is 3. The van der Waals surface area contributed by atoms with Crippen molar-refractivity contribution in [2.45, 2.75) is 33.7 Å². The summed E-state index contributed by atoms with van der Waals surface area (Å²) in [5, 5.41) is 6.52. The van der Waals surface area contributed by atoms with Crippen LogP contribution < -0.4 is 24.8 Å². The lowest BCUT2D eigenvalue weighted by molar-refractivity contribution is 0.128. The molecule has 1 aromatic rings. The molecule has 1 rings (SSSR count). The third-order valence-electron chi connectivity index (χ3n) is 3.92. The molecular weight excluding hydrogens is 346 g/mol. The summed E-state index contributed by atoms with van der Waals surface area (Å²) in [5.41, 5.74) is 0.917. The summed E-state index contributed by atoms with van der Waals surface area (Å²) in [6.45, 7) is 9.79. The van der Waals surface area contributed by atoms with Gasteiger partial charge in [0.2, 0.25) is 0 Å². The summed E-state index contributed by atoms with van der Waals surface area (Å²) in [5.74, 6) is 3.39. The molecule has 2 N–H and O–H groups in total. The van der Waals surface area contributed by atoms with Gasteiger partial charge in [-0.3, -0.25) is 0 Å². The van der Waals surface area contributed by atoms with Gasteiger partial charge in [0.05, 0.1) is 34.5 Å². The summed E-state index contributed by atoms with van der Waals surface area (Å²) in [4.78, 5) is 4.63. The molecule has 0 aliphatic carbocycles. The Balaban J connectivity index is 2.68. The van der Waals surface area contributed by atoms with E-state index < -0.39 is 0 Å². The fraction of sp³-hybridized carbons (Fsp3) is 0.650. The molecule has 0 fully saturated rings. The highest BCUT2D eigenvalue weighted by Gasteiger charge is 2.11. The van der Waals surface area contributed by atoms with E-state index in [-0.39, 0.29) is 0 Å². The van der Waals surface area contributed by atoms with Crippen molar-refractivity contribution in [3.05, 3.63) is 17.7 Å². The van der Waals surface area contributed by atoms with Crippen molar-refractivity contribution in [1.29, 1.82) is 0 Å². The van der Waals surface area contributed by atoms with Crippen LogP contribution in [0.2, 0.25) is 0 Å². The topological polar surface area (TPSA) is 73.3 Å². The van der Waals surface area contributed by atoms with E-state index in [0.717, 1.165) is 31.1 Å². The standard InChI is InChI=1S/C20H35N3O4/c1-7-21-20(22-9-11-27-10-8-15(2)3)23-14-16-12-18(25-5)19(26-6)13-17(16)24-4/h12-13,15H,7-11,14H2,1-6H3,(H2,21,22,23). The van der Waals surface area contributed by atoms with Crippen molar-refractivity contribution in [3.63, 3.8) is 0 Å². The Bertz CT molecular complexity index is 577. The minimum atomic E-state index is 0.451. The molecule has 0 unspecified atom stereocenters. The lowest BCUT2D eigenvalue weighted by Crippen LogP contribution is -2.39. The zero-order valence-electron chi connectivity index (χ0n) is 17.6. The van der Waals surface area contributed by atoms with E-state index in [2.05, 4.69) is 29.5 Å². The predicted octanol–water partition coefficient (Wildman–Crippen LogP) is 2.83. The maximum Gasteiger partial charge on any atom is 0.191 e. The van der Waals surface area contributed by atoms with Crippen LogP contribution in [0.5, 0.6) is 17.2 Å². The monoisotopic (exact) mass is 381 g/mol. The summed E-state index contributed by atoms with van der Waals surface area (Å²) in [6, 6.07) is 3.70. The van der Waals surface area contributed by atoms with E-state index >= 15 is 0 Å². The Morgan fingerprint density at radius 3 is 2.22 bits per heavy atom. The van der Waals surface area contributed by atoms with Gasteiger partial charge >= 0.3 is 0 Å². The molecule has 0 heterocycles. The Labute approximate surface area is 163 Å². The van der Waals surface area contributed by atoms with E-state index in [4.69, 9.17) is 18.9 Å². The van der Waals surface area contributed by atoms with Crippen molar-refractivity contribution >= 4 is 5.96 Å². The first-order valence-electron chi connectivity index (χ1n) is 9.44. The van der Waals surface area contributed by atoms with Gasteiger partial charge in [0.25, 0.3) is 0 Å². The lowest BCUT2D eigenvalue weighted by Gasteiger charge is -2.14. The first kappa shape index (κ1) is 22.9. The third-order valence-corrected chi connectivity index (χ3v) is 3.92. The number of rotatable bonds is 12. The van der Waals surface area contributed by atoms with Crippen LogP contribution in [0.3, 0.4) is 0 Å². The first-order chi connectivity index (χ1) is 13.0. The Morgan fingerprint density at radius 1 is 0.963 bits per heavy atom. The predicted molar refractivity (Wildman–Crippen MR) is 109 cm³/mol. The average molecular weight is 382 g/mol. The second kappa shape index (κ2) is 13.1. The van der Waals surface area contributed by atoms with E-state index in [1.165, 1.54) is 0 Å². The van der Waals surface area contributed by atoms with Crippen LogP contribution in [0.15, 0.2) is 17.1 Å². The van der Waals surface area contributed by atoms with Gasteiger partial charge < -0.3 is 29.6 Å². The summed E-state index contributed by atoms with van der Waals surface area (Å²) in [7, 11) is 4.85. The zero-order chi connectivity index (χ0) is 20.1. The normalized spacial score (nSPS) is 11.4. The van der Waals surface area contributed by atoms with Gasteiger partial charge in [0.15, 0.2) is 17.5 Å². The lowest BCUT2D eigenvalue weighted by atomic mass is 10.1. The number of hydrogen-bond acceptors (Lipinski definition) is 5. The number of nitrogens with one attached hydrogen (secondary N) is 2. The van der Waals surface area contributed by atoms with Gasteiger partial charge in [0.1, 0.15) is 5.75 Å². The van der Waals surface area contributed by atoms with Crippen LogP contribution in [0.1, 0.15) is 32.8 Å². The number of nitrogens with zero attached hydrogens (tertiary/aromatic N) is 1. The molecular formula is C20H35N3O4. The molecule has 0 amide bonds. The SMILES string of the molecule is CCNC(=NCc1cc(OC)c(OC)cc1OC)NCCOCCC(C)C. The fourth-order valence-electron chi connectivity index (χ4n) is 2.38. The molecule has 7 nitrogen and oxygen atoms in total. The molecule has 27 heavy (non-hydrogen) atoms. The Hall–Kier alpha value is -2.15. The number of aliphatic imine (C=N–C) groups is 1. The second-order valence-electron chi connectivity index (χ2n) is 6.44. The van der Waals surface area contributed by atoms with Gasteiger partial charge in [-0.1, -0.05) is 13.8 Å². The van der Waals surface area contributed by atoms with Crippen LogP contribution in [0.4, 0.5) is 0 Å². The van der Waals surface area contributed by atoms with E-state index in [0.29, 0.717) is 42.9 Å². The highest BCUT2D eigenvalue weighted by atomic mass is 16.5. The summed E-state index contributed by atoms with van der Waals surface area (Å²) < 4.78 is 21.8. The molecule has 0 aliphatic rings. The second-order valence-corrected chi connectivity index (χ2v) is 6.44. The van der Waals surface area contributed by atoms with Crippen LogP contribution >= 0.6 is 0 Å². The molecule has 0 atom stereocenters. The van der Waals surface area contributed by atoms with Gasteiger partial charge in [-0.05, 0) is 25.3 Å². The van der Waals surface area contributed by atoms with E-state index in [9.17, 15) is 0 Å². The number of guanidine groups is 1. The Kier molecular flexibility index (Phi) is 11.1. The highest BCUT2D eigenvalue weighted by molar-refractivity contribution is 5.79. The molecule has 0 bridgehead atoms. The third kappa shape index (κ3) is 8.39. The van der Waals surface area contributed by atoms with Gasteiger partial charge in [-0.15, -0.1) is 0 Å². The summed E-state index contributed by atoms with van der Waals surface area (Å²) >= 11 is 0.